The number of fused-ring (bicyclic) bond motifs is 1. The van der Waals surface area contributed by atoms with E-state index in [2.05, 4.69) is 41.1 Å². The molecule has 1 aromatic heterocycles. The highest BCUT2D eigenvalue weighted by molar-refractivity contribution is 6.11. The molecule has 3 rings (SSSR count). The van der Waals surface area contributed by atoms with Crippen LogP contribution in [-0.4, -0.2) is 23.9 Å². The molecule has 0 radical (unpaired) electrons. The normalized spacial score (nSPS) is 11.5. The second-order valence-corrected chi connectivity index (χ2v) is 6.98. The van der Waals surface area contributed by atoms with E-state index in [-0.39, 0.29) is 0 Å². The Bertz CT molecular complexity index is 1090. The van der Waals surface area contributed by atoms with Gasteiger partial charge in [0.15, 0.2) is 5.84 Å². The minimum Gasteiger partial charge on any atom is -0.351 e. The van der Waals surface area contributed by atoms with Gasteiger partial charge in [-0.3, -0.25) is 4.79 Å². The first kappa shape index (κ1) is 19.2. The number of anilines is 1. The predicted octanol–water partition coefficient (Wildman–Crippen LogP) is 3.72. The molecule has 0 aliphatic rings. The molecule has 6 nitrogen and oxygen atoms in total. The van der Waals surface area contributed by atoms with Crippen LogP contribution in [0.15, 0.2) is 53.8 Å². The molecule has 3 aromatic rings. The number of aromatic nitrogens is 1. The third-order valence-corrected chi connectivity index (χ3v) is 4.87. The molecule has 1 heterocycles. The molecule has 0 aliphatic carbocycles. The number of hydrogen-bond donors (Lipinski definition) is 1. The minimum absolute atomic E-state index is 0.303. The zero-order valence-corrected chi connectivity index (χ0v) is 16.5. The van der Waals surface area contributed by atoms with E-state index in [1.807, 2.05) is 55.5 Å². The topological polar surface area (TPSA) is 73.4 Å². The van der Waals surface area contributed by atoms with Crippen LogP contribution in [0.4, 0.5) is 5.69 Å². The summed E-state index contributed by atoms with van der Waals surface area (Å²) in [7, 11) is 3.88. The first-order valence-corrected chi connectivity index (χ1v) is 9.06. The molecular formula is C22H23N5O. The van der Waals surface area contributed by atoms with Crippen molar-refractivity contribution in [2.24, 2.45) is 12.1 Å². The van der Waals surface area contributed by atoms with Crippen molar-refractivity contribution in [3.63, 3.8) is 0 Å². The van der Waals surface area contributed by atoms with E-state index >= 15 is 0 Å². The number of nitrogens with one attached hydrogen (secondary N) is 1. The van der Waals surface area contributed by atoms with E-state index in [4.69, 9.17) is 0 Å². The molecule has 0 bridgehead atoms. The highest BCUT2D eigenvalue weighted by Crippen LogP contribution is 2.26. The Morgan fingerprint density at radius 3 is 2.71 bits per heavy atom. The van der Waals surface area contributed by atoms with E-state index in [9.17, 15) is 10.1 Å². The van der Waals surface area contributed by atoms with Gasteiger partial charge in [-0.1, -0.05) is 19.9 Å². The number of aryl methyl sites for hydroxylation is 1. The maximum atomic E-state index is 10.9. The summed E-state index contributed by atoms with van der Waals surface area (Å²) in [4.78, 5) is 12.8. The Morgan fingerprint density at radius 1 is 1.25 bits per heavy atom. The first-order valence-electron chi connectivity index (χ1n) is 9.06. The van der Waals surface area contributed by atoms with E-state index in [0.29, 0.717) is 29.3 Å². The van der Waals surface area contributed by atoms with Gasteiger partial charge in [-0.15, -0.1) is 0 Å². The summed E-state index contributed by atoms with van der Waals surface area (Å²) in [5.74, 6) is 0.805. The highest BCUT2D eigenvalue weighted by Gasteiger charge is 2.18. The van der Waals surface area contributed by atoms with Gasteiger partial charge in [-0.05, 0) is 47.9 Å². The van der Waals surface area contributed by atoms with Crippen molar-refractivity contribution in [3.8, 4) is 6.07 Å². The number of hydrazone groups is 1. The van der Waals surface area contributed by atoms with Crippen molar-refractivity contribution in [1.82, 2.24) is 9.99 Å². The summed E-state index contributed by atoms with van der Waals surface area (Å²) in [5, 5.41) is 15.0. The number of carbonyl (C=O) groups excluding carboxylic acids is 1. The van der Waals surface area contributed by atoms with Gasteiger partial charge in [0.1, 0.15) is 0 Å². The average Bonchev–Trinajstić information content (AvgIpc) is 3.08. The van der Waals surface area contributed by atoms with Crippen LogP contribution in [0.3, 0.4) is 0 Å². The van der Waals surface area contributed by atoms with Crippen molar-refractivity contribution in [1.29, 1.82) is 5.26 Å². The monoisotopic (exact) mass is 373 g/mol. The van der Waals surface area contributed by atoms with Crippen molar-refractivity contribution >= 4 is 28.8 Å². The van der Waals surface area contributed by atoms with Crippen LogP contribution in [0.5, 0.6) is 0 Å². The second-order valence-electron chi connectivity index (χ2n) is 6.98. The lowest BCUT2D eigenvalue weighted by Gasteiger charge is -2.23. The zero-order valence-electron chi connectivity index (χ0n) is 16.5. The van der Waals surface area contributed by atoms with Gasteiger partial charge < -0.3 is 9.47 Å². The first-order chi connectivity index (χ1) is 13.5. The average molecular weight is 373 g/mol. The second kappa shape index (κ2) is 7.97. The van der Waals surface area contributed by atoms with Gasteiger partial charge in [-0.2, -0.15) is 10.4 Å². The summed E-state index contributed by atoms with van der Waals surface area (Å²) in [6.45, 7) is 4.19. The standard InChI is InChI=1S/C22H23N5O/c1-15(2)16-5-6-18(13-23)20(12-16)22(25-24-14-28)27(4)19-7-8-21-17(11-19)9-10-26(21)3/h5-12,14-15H,1-4H3,(H,24,28)/b25-22-. The Labute approximate surface area is 164 Å². The Hall–Kier alpha value is -3.59. The molecule has 0 atom stereocenters. The van der Waals surface area contributed by atoms with Crippen LogP contribution < -0.4 is 10.3 Å². The number of rotatable bonds is 5. The lowest BCUT2D eigenvalue weighted by molar-refractivity contribution is -0.109. The van der Waals surface area contributed by atoms with Gasteiger partial charge >= 0.3 is 0 Å². The maximum Gasteiger partial charge on any atom is 0.227 e. The van der Waals surface area contributed by atoms with Gasteiger partial charge in [0.2, 0.25) is 6.41 Å². The third kappa shape index (κ3) is 3.60. The molecule has 142 valence electrons. The predicted molar refractivity (Wildman–Crippen MR) is 112 cm³/mol. The fourth-order valence-electron chi connectivity index (χ4n) is 3.21. The van der Waals surface area contributed by atoms with Crippen LogP contribution in [-0.2, 0) is 11.8 Å². The van der Waals surface area contributed by atoms with Crippen LogP contribution in [0.25, 0.3) is 10.9 Å². The molecule has 0 unspecified atom stereocenters. The number of nitrogens with zero attached hydrogens (tertiary/aromatic N) is 4. The molecule has 0 fully saturated rings. The molecular weight excluding hydrogens is 350 g/mol. The lowest BCUT2D eigenvalue weighted by atomic mass is 9.96. The number of carbonyl (C=O) groups is 1. The highest BCUT2D eigenvalue weighted by atomic mass is 16.1. The van der Waals surface area contributed by atoms with E-state index in [0.717, 1.165) is 22.2 Å². The number of amidine groups is 1. The molecule has 0 saturated heterocycles. The SMILES string of the molecule is CC(C)c1ccc(C#N)c(/C(=N/NC=O)N(C)c2ccc3c(ccn3C)c2)c1. The summed E-state index contributed by atoms with van der Waals surface area (Å²) >= 11 is 0. The largest absolute Gasteiger partial charge is 0.351 e. The van der Waals surface area contributed by atoms with Crippen LogP contribution in [0.1, 0.15) is 36.5 Å². The molecule has 1 amide bonds. The van der Waals surface area contributed by atoms with E-state index in [1.54, 1.807) is 6.07 Å². The van der Waals surface area contributed by atoms with Gasteiger partial charge in [-0.25, -0.2) is 5.43 Å². The summed E-state index contributed by atoms with van der Waals surface area (Å²) < 4.78 is 2.06. The van der Waals surface area contributed by atoms with Gasteiger partial charge in [0, 0.05) is 42.4 Å². The summed E-state index contributed by atoms with van der Waals surface area (Å²) in [5.41, 5.74) is 6.70. The van der Waals surface area contributed by atoms with Crippen molar-refractivity contribution in [2.75, 3.05) is 11.9 Å². The number of amides is 1. The molecule has 0 saturated carbocycles. The number of hydrogen-bond acceptors (Lipinski definition) is 3. The zero-order chi connectivity index (χ0) is 20.3. The van der Waals surface area contributed by atoms with Crippen LogP contribution in [0, 0.1) is 11.3 Å². The quantitative estimate of drug-likeness (QED) is 0.321. The summed E-state index contributed by atoms with van der Waals surface area (Å²) in [6, 6.07) is 16.1. The molecule has 0 spiro atoms. The van der Waals surface area contributed by atoms with Crippen LogP contribution in [0.2, 0.25) is 0 Å². The van der Waals surface area contributed by atoms with Gasteiger partial charge in [0.05, 0.1) is 11.6 Å². The molecule has 2 aromatic carbocycles. The number of benzene rings is 2. The smallest absolute Gasteiger partial charge is 0.227 e. The van der Waals surface area contributed by atoms with Crippen molar-refractivity contribution in [3.05, 3.63) is 65.4 Å². The molecule has 0 aliphatic heterocycles. The van der Waals surface area contributed by atoms with Crippen LogP contribution >= 0.6 is 0 Å². The summed E-state index contributed by atoms with van der Waals surface area (Å²) in [6.07, 6.45) is 2.53. The Balaban J connectivity index is 2.13. The van der Waals surface area contributed by atoms with E-state index in [1.165, 1.54) is 0 Å². The fraction of sp³-hybridized carbons (Fsp3) is 0.227. The Morgan fingerprint density at radius 2 is 2.04 bits per heavy atom. The minimum atomic E-state index is 0.303. The van der Waals surface area contributed by atoms with Gasteiger partial charge in [0.25, 0.3) is 0 Å². The van der Waals surface area contributed by atoms with Crippen molar-refractivity contribution < 1.29 is 4.79 Å². The maximum absolute atomic E-state index is 10.9. The Kier molecular flexibility index (Phi) is 5.46. The molecule has 6 heteroatoms. The number of nitriles is 1. The fourth-order valence-corrected chi connectivity index (χ4v) is 3.21. The molecule has 1 N–H and O–H groups in total. The molecule has 28 heavy (non-hydrogen) atoms. The van der Waals surface area contributed by atoms with E-state index < -0.39 is 0 Å². The van der Waals surface area contributed by atoms with Crippen molar-refractivity contribution in [2.45, 2.75) is 19.8 Å². The third-order valence-electron chi connectivity index (χ3n) is 4.87. The lowest BCUT2D eigenvalue weighted by Crippen LogP contribution is -2.30.